The molecule has 0 aliphatic carbocycles. The minimum Gasteiger partial charge on any atom is -0.333 e. The minimum atomic E-state index is -4.52. The topological polar surface area (TPSA) is 77.0 Å². The van der Waals surface area contributed by atoms with Gasteiger partial charge < -0.3 is 15.2 Å². The van der Waals surface area contributed by atoms with Crippen molar-refractivity contribution in [2.24, 2.45) is 11.7 Å². The molecule has 2 rings (SSSR count). The van der Waals surface area contributed by atoms with E-state index in [1.165, 1.54) is 4.90 Å². The lowest BCUT2D eigenvalue weighted by Crippen LogP contribution is -2.41. The Hall–Kier alpha value is -1.64. The lowest BCUT2D eigenvalue weighted by molar-refractivity contribution is -0.148. The quantitative estimate of drug-likeness (QED) is 0.901. The summed E-state index contributed by atoms with van der Waals surface area (Å²) in [6.45, 7) is 2.68. The van der Waals surface area contributed by atoms with Crippen LogP contribution in [0.5, 0.6) is 0 Å². The number of alkyl halides is 3. The molecular weight excluding hydrogens is 287 g/mol. The molecule has 0 saturated heterocycles. The number of amides is 1. The van der Waals surface area contributed by atoms with E-state index in [1.807, 2.05) is 0 Å². The van der Waals surface area contributed by atoms with E-state index in [0.29, 0.717) is 13.0 Å². The largest absolute Gasteiger partial charge is 0.451 e. The van der Waals surface area contributed by atoms with Crippen LogP contribution >= 0.6 is 0 Å². The van der Waals surface area contributed by atoms with Crippen molar-refractivity contribution in [1.29, 1.82) is 0 Å². The Morgan fingerprint density at radius 2 is 2.10 bits per heavy atom. The molecule has 1 aromatic rings. The van der Waals surface area contributed by atoms with E-state index in [-0.39, 0.29) is 37.3 Å². The summed E-state index contributed by atoms with van der Waals surface area (Å²) < 4.78 is 39.2. The fourth-order valence-electron chi connectivity index (χ4n) is 2.41. The monoisotopic (exact) mass is 305 g/mol. The van der Waals surface area contributed by atoms with Gasteiger partial charge in [0.15, 0.2) is 5.82 Å². The van der Waals surface area contributed by atoms with Gasteiger partial charge in [0, 0.05) is 19.0 Å². The molecule has 0 bridgehead atoms. The van der Waals surface area contributed by atoms with Crippen molar-refractivity contribution in [1.82, 2.24) is 19.7 Å². The predicted molar refractivity (Wildman–Crippen MR) is 67.9 cm³/mol. The van der Waals surface area contributed by atoms with Crippen LogP contribution in [0.15, 0.2) is 0 Å². The maximum atomic E-state index is 12.7. The summed E-state index contributed by atoms with van der Waals surface area (Å²) in [6, 6.07) is 0. The van der Waals surface area contributed by atoms with E-state index >= 15 is 0 Å². The molecule has 21 heavy (non-hydrogen) atoms. The highest BCUT2D eigenvalue weighted by atomic mass is 19.4. The highest BCUT2D eigenvalue weighted by Crippen LogP contribution is 2.29. The number of nitrogens with two attached hydrogens (primary N) is 1. The molecule has 0 fully saturated rings. The molecule has 0 aromatic carbocycles. The van der Waals surface area contributed by atoms with Gasteiger partial charge >= 0.3 is 6.18 Å². The number of nitrogens with zero attached hydrogens (tertiary/aromatic N) is 4. The van der Waals surface area contributed by atoms with E-state index < -0.39 is 12.0 Å². The number of aromatic nitrogens is 3. The maximum absolute atomic E-state index is 12.7. The van der Waals surface area contributed by atoms with Crippen LogP contribution in [0, 0.1) is 5.92 Å². The van der Waals surface area contributed by atoms with Crippen LogP contribution < -0.4 is 5.73 Å². The number of fused-ring (bicyclic) bond motifs is 1. The number of halogens is 3. The third kappa shape index (κ3) is 3.34. The predicted octanol–water partition coefficient (Wildman–Crippen LogP) is 1.01. The summed E-state index contributed by atoms with van der Waals surface area (Å²) in [4.78, 5) is 13.8. The maximum Gasteiger partial charge on any atom is 0.451 e. The molecule has 1 aromatic heterocycles. The molecule has 1 amide bonds. The van der Waals surface area contributed by atoms with Crippen LogP contribution in [0.2, 0.25) is 0 Å². The second-order valence-electron chi connectivity index (χ2n) is 5.18. The molecule has 1 atom stereocenters. The third-order valence-corrected chi connectivity index (χ3v) is 3.58. The average molecular weight is 305 g/mol. The van der Waals surface area contributed by atoms with Gasteiger partial charge in [0.1, 0.15) is 0 Å². The van der Waals surface area contributed by atoms with Crippen molar-refractivity contribution in [3.63, 3.8) is 0 Å². The Bertz CT molecular complexity index is 513. The summed E-state index contributed by atoms with van der Waals surface area (Å²) in [5, 5.41) is 6.75. The van der Waals surface area contributed by atoms with Crippen molar-refractivity contribution in [2.75, 3.05) is 13.1 Å². The van der Waals surface area contributed by atoms with Crippen LogP contribution in [0.1, 0.15) is 31.4 Å². The Balaban J connectivity index is 2.07. The molecule has 0 spiro atoms. The van der Waals surface area contributed by atoms with E-state index in [9.17, 15) is 18.0 Å². The molecular formula is C12H18F3N5O. The zero-order valence-electron chi connectivity index (χ0n) is 11.7. The lowest BCUT2D eigenvalue weighted by atomic mass is 10.0. The van der Waals surface area contributed by atoms with Crippen molar-refractivity contribution in [3.05, 3.63) is 11.6 Å². The first kappa shape index (κ1) is 15.7. The zero-order valence-corrected chi connectivity index (χ0v) is 11.7. The molecule has 2 N–H and O–H groups in total. The normalized spacial score (nSPS) is 16.7. The van der Waals surface area contributed by atoms with Gasteiger partial charge in [-0.3, -0.25) is 4.79 Å². The van der Waals surface area contributed by atoms with Crippen molar-refractivity contribution in [3.8, 4) is 0 Å². The van der Waals surface area contributed by atoms with Crippen LogP contribution in [-0.4, -0.2) is 38.7 Å². The fourth-order valence-corrected chi connectivity index (χ4v) is 2.41. The minimum absolute atomic E-state index is 0.0620. The van der Waals surface area contributed by atoms with Gasteiger partial charge in [-0.25, -0.2) is 0 Å². The number of hydrogen-bond acceptors (Lipinski definition) is 4. The molecule has 1 aliphatic rings. The smallest absolute Gasteiger partial charge is 0.333 e. The van der Waals surface area contributed by atoms with Gasteiger partial charge in [-0.15, -0.1) is 10.2 Å². The molecule has 2 heterocycles. The molecule has 6 nitrogen and oxygen atoms in total. The molecule has 1 unspecified atom stereocenters. The van der Waals surface area contributed by atoms with Crippen LogP contribution in [0.4, 0.5) is 13.2 Å². The van der Waals surface area contributed by atoms with E-state index in [2.05, 4.69) is 10.2 Å². The van der Waals surface area contributed by atoms with Gasteiger partial charge in [0.05, 0.1) is 6.54 Å². The van der Waals surface area contributed by atoms with E-state index in [1.54, 1.807) is 6.92 Å². The molecule has 0 radical (unpaired) electrons. The van der Waals surface area contributed by atoms with E-state index in [4.69, 9.17) is 5.73 Å². The Kier molecular flexibility index (Phi) is 4.50. The van der Waals surface area contributed by atoms with Gasteiger partial charge in [-0.05, 0) is 19.4 Å². The summed E-state index contributed by atoms with van der Waals surface area (Å²) in [5.41, 5.74) is 5.41. The molecule has 0 saturated carbocycles. The Morgan fingerprint density at radius 3 is 2.71 bits per heavy atom. The molecule has 1 aliphatic heterocycles. The van der Waals surface area contributed by atoms with E-state index in [0.717, 1.165) is 11.0 Å². The molecule has 118 valence electrons. The van der Waals surface area contributed by atoms with Gasteiger partial charge in [-0.2, -0.15) is 13.2 Å². The fraction of sp³-hybridized carbons (Fsp3) is 0.750. The third-order valence-electron chi connectivity index (χ3n) is 3.58. The van der Waals surface area contributed by atoms with Crippen LogP contribution in [-0.2, 0) is 24.1 Å². The lowest BCUT2D eigenvalue weighted by Gasteiger charge is -2.30. The van der Waals surface area contributed by atoms with Crippen molar-refractivity contribution < 1.29 is 18.0 Å². The SMILES string of the molecule is CC(CCCN)C(=O)N1CCn2c(nnc2C(F)(F)F)C1. The first-order chi connectivity index (χ1) is 9.84. The number of hydrogen-bond donors (Lipinski definition) is 1. The Labute approximate surface area is 120 Å². The van der Waals surface area contributed by atoms with Gasteiger partial charge in [0.25, 0.3) is 0 Å². The standard InChI is InChI=1S/C12H18F3N5O/c1-8(3-2-4-16)10(21)19-5-6-20-9(7-19)17-18-11(20)12(13,14)15/h8H,2-7,16H2,1H3. The van der Waals surface area contributed by atoms with Crippen LogP contribution in [0.25, 0.3) is 0 Å². The zero-order chi connectivity index (χ0) is 15.6. The number of carbonyl (C=O) groups is 1. The summed E-state index contributed by atoms with van der Waals surface area (Å²) in [5.74, 6) is -1.09. The average Bonchev–Trinajstić information content (AvgIpc) is 2.86. The van der Waals surface area contributed by atoms with Gasteiger partial charge in [0.2, 0.25) is 11.7 Å². The second kappa shape index (κ2) is 6.00. The number of carbonyl (C=O) groups excluding carboxylic acids is 1. The first-order valence-corrected chi connectivity index (χ1v) is 6.82. The highest BCUT2D eigenvalue weighted by molar-refractivity contribution is 5.78. The summed E-state index contributed by atoms with van der Waals surface area (Å²) >= 11 is 0. The second-order valence-corrected chi connectivity index (χ2v) is 5.18. The summed E-state index contributed by atoms with van der Waals surface area (Å²) in [6.07, 6.45) is -3.10. The molecule has 9 heteroatoms. The van der Waals surface area contributed by atoms with Crippen molar-refractivity contribution >= 4 is 5.91 Å². The van der Waals surface area contributed by atoms with Crippen LogP contribution in [0.3, 0.4) is 0 Å². The van der Waals surface area contributed by atoms with Crippen molar-refractivity contribution in [2.45, 2.75) is 39.0 Å². The first-order valence-electron chi connectivity index (χ1n) is 6.82. The highest BCUT2D eigenvalue weighted by Gasteiger charge is 2.40. The van der Waals surface area contributed by atoms with Gasteiger partial charge in [-0.1, -0.05) is 6.92 Å². The summed E-state index contributed by atoms with van der Waals surface area (Å²) in [7, 11) is 0. The number of rotatable bonds is 4. The Morgan fingerprint density at radius 1 is 1.38 bits per heavy atom.